The van der Waals surface area contributed by atoms with Gasteiger partial charge in [-0.25, -0.2) is 0 Å². The summed E-state index contributed by atoms with van der Waals surface area (Å²) in [4.78, 5) is 18.9. The van der Waals surface area contributed by atoms with Crippen molar-refractivity contribution in [2.75, 3.05) is 31.5 Å². The summed E-state index contributed by atoms with van der Waals surface area (Å²) >= 11 is 3.46. The molecule has 1 aliphatic heterocycles. The van der Waals surface area contributed by atoms with E-state index < -0.39 is 0 Å². The third-order valence-electron chi connectivity index (χ3n) is 3.79. The maximum absolute atomic E-state index is 12.4. The molecule has 0 N–H and O–H groups in total. The van der Waals surface area contributed by atoms with Crippen LogP contribution in [0.25, 0.3) is 0 Å². The summed E-state index contributed by atoms with van der Waals surface area (Å²) in [7, 11) is 4.05. The largest absolute Gasteiger partial charge is 0.294 e. The smallest absolute Gasteiger partial charge is 0.237 e. The van der Waals surface area contributed by atoms with Crippen molar-refractivity contribution in [2.24, 2.45) is 5.41 Å². The van der Waals surface area contributed by atoms with Crippen molar-refractivity contribution >= 4 is 35.1 Å². The Morgan fingerprint density at radius 1 is 1.15 bits per heavy atom. The van der Waals surface area contributed by atoms with Crippen LogP contribution in [0.15, 0.2) is 28.0 Å². The van der Waals surface area contributed by atoms with Crippen LogP contribution in [0.1, 0.15) is 13.8 Å². The van der Waals surface area contributed by atoms with Crippen LogP contribution in [-0.2, 0) is 4.79 Å². The lowest BCUT2D eigenvalue weighted by Gasteiger charge is -2.55. The van der Waals surface area contributed by atoms with E-state index in [1.54, 1.807) is 23.5 Å². The number of carbonyl (C=O) groups is 1. The number of thioether (sulfide) groups is 2. The quantitative estimate of drug-likeness (QED) is 0.628. The molecule has 2 rings (SSSR count). The number of nitrogens with zero attached hydrogens (tertiary/aromatic N) is 2. The summed E-state index contributed by atoms with van der Waals surface area (Å²) in [6.45, 7) is 4.03. The van der Waals surface area contributed by atoms with Gasteiger partial charge >= 0.3 is 0 Å². The molecule has 20 heavy (non-hydrogen) atoms. The molecule has 0 saturated carbocycles. The highest BCUT2D eigenvalue weighted by Crippen LogP contribution is 2.44. The van der Waals surface area contributed by atoms with Crippen molar-refractivity contribution in [1.29, 1.82) is 0 Å². The number of hydrogen-bond acceptors (Lipinski definition) is 4. The Morgan fingerprint density at radius 2 is 1.75 bits per heavy atom. The zero-order chi connectivity index (χ0) is 15.1. The van der Waals surface area contributed by atoms with Crippen molar-refractivity contribution in [3.8, 4) is 0 Å². The molecule has 1 unspecified atom stereocenters. The SMILES string of the molecule is CSc1ccc(N2C(=O)C(C)(C)C2N(C)C)cc1SC. The minimum Gasteiger partial charge on any atom is -0.294 e. The molecule has 1 aliphatic rings. The highest BCUT2D eigenvalue weighted by atomic mass is 32.2. The Balaban J connectivity index is 2.39. The van der Waals surface area contributed by atoms with Crippen LogP contribution < -0.4 is 4.90 Å². The Hall–Kier alpha value is -0.650. The molecule has 0 spiro atoms. The van der Waals surface area contributed by atoms with Gasteiger partial charge in [-0.05, 0) is 58.7 Å². The van der Waals surface area contributed by atoms with Gasteiger partial charge in [-0.3, -0.25) is 14.6 Å². The number of anilines is 1. The first-order valence-electron chi connectivity index (χ1n) is 6.56. The van der Waals surface area contributed by atoms with Crippen molar-refractivity contribution < 1.29 is 4.79 Å². The van der Waals surface area contributed by atoms with Gasteiger partial charge in [0, 0.05) is 15.5 Å². The van der Waals surface area contributed by atoms with Crippen molar-refractivity contribution in [3.63, 3.8) is 0 Å². The van der Waals surface area contributed by atoms with Gasteiger partial charge in [0.15, 0.2) is 0 Å². The fourth-order valence-electron chi connectivity index (χ4n) is 2.90. The number of carbonyl (C=O) groups excluding carboxylic acids is 1. The predicted molar refractivity (Wildman–Crippen MR) is 88.7 cm³/mol. The highest BCUT2D eigenvalue weighted by Gasteiger charge is 2.55. The monoisotopic (exact) mass is 310 g/mol. The Labute approximate surface area is 130 Å². The molecule has 1 heterocycles. The van der Waals surface area contributed by atoms with Gasteiger partial charge < -0.3 is 0 Å². The van der Waals surface area contributed by atoms with Crippen LogP contribution in [0.4, 0.5) is 5.69 Å². The number of amides is 1. The summed E-state index contributed by atoms with van der Waals surface area (Å²) in [5, 5.41) is 0. The number of hydrogen-bond donors (Lipinski definition) is 0. The van der Waals surface area contributed by atoms with Gasteiger partial charge in [-0.15, -0.1) is 23.5 Å². The average Bonchev–Trinajstić information content (AvgIpc) is 2.42. The van der Waals surface area contributed by atoms with Crippen LogP contribution >= 0.6 is 23.5 Å². The Morgan fingerprint density at radius 3 is 2.25 bits per heavy atom. The molecule has 1 aromatic rings. The van der Waals surface area contributed by atoms with Gasteiger partial charge in [0.1, 0.15) is 6.17 Å². The van der Waals surface area contributed by atoms with Crippen LogP contribution in [-0.4, -0.2) is 43.6 Å². The van der Waals surface area contributed by atoms with E-state index in [4.69, 9.17) is 0 Å². The van der Waals surface area contributed by atoms with E-state index in [1.807, 2.05) is 32.8 Å². The third-order valence-corrected chi connectivity index (χ3v) is 5.50. The lowest BCUT2D eigenvalue weighted by atomic mass is 9.77. The standard InChI is InChI=1S/C15H22N2OS2/c1-15(2)13(16(3)4)17(14(15)18)10-7-8-11(19-5)12(9-10)20-6/h7-9,13H,1-6H3. The summed E-state index contributed by atoms with van der Waals surface area (Å²) in [5.74, 6) is 0.195. The summed E-state index contributed by atoms with van der Waals surface area (Å²) in [5.41, 5.74) is 0.677. The van der Waals surface area contributed by atoms with Crippen molar-refractivity contribution in [3.05, 3.63) is 18.2 Å². The van der Waals surface area contributed by atoms with Gasteiger partial charge in [-0.1, -0.05) is 0 Å². The molecule has 0 bridgehead atoms. The van der Waals surface area contributed by atoms with E-state index in [1.165, 1.54) is 9.79 Å². The maximum atomic E-state index is 12.4. The van der Waals surface area contributed by atoms with Crippen LogP contribution in [0.5, 0.6) is 0 Å². The van der Waals surface area contributed by atoms with Crippen molar-refractivity contribution in [2.45, 2.75) is 29.8 Å². The second-order valence-corrected chi connectivity index (χ2v) is 7.47. The first kappa shape index (κ1) is 15.7. The highest BCUT2D eigenvalue weighted by molar-refractivity contribution is 8.01. The second-order valence-electron chi connectivity index (χ2n) is 5.77. The zero-order valence-electron chi connectivity index (χ0n) is 12.9. The lowest BCUT2D eigenvalue weighted by Crippen LogP contribution is -2.71. The normalized spacial score (nSPS) is 21.2. The summed E-state index contributed by atoms with van der Waals surface area (Å²) < 4.78 is 0. The Kier molecular flexibility index (Phi) is 4.42. The number of benzene rings is 1. The minimum atomic E-state index is -0.318. The summed E-state index contributed by atoms with van der Waals surface area (Å²) in [6, 6.07) is 6.28. The molecule has 1 aromatic carbocycles. The molecule has 0 aliphatic carbocycles. The fourth-order valence-corrected chi connectivity index (χ4v) is 4.37. The maximum Gasteiger partial charge on any atom is 0.237 e. The summed E-state index contributed by atoms with van der Waals surface area (Å²) in [6.07, 6.45) is 4.27. The third kappa shape index (κ3) is 2.36. The van der Waals surface area contributed by atoms with E-state index in [0.29, 0.717) is 0 Å². The van der Waals surface area contributed by atoms with Crippen molar-refractivity contribution in [1.82, 2.24) is 4.90 Å². The topological polar surface area (TPSA) is 23.6 Å². The second kappa shape index (κ2) is 5.62. The van der Waals surface area contributed by atoms with E-state index in [-0.39, 0.29) is 17.5 Å². The van der Waals surface area contributed by atoms with E-state index in [2.05, 4.69) is 35.6 Å². The fraction of sp³-hybridized carbons (Fsp3) is 0.533. The minimum absolute atomic E-state index is 0.116. The molecule has 110 valence electrons. The Bertz CT molecular complexity index is 529. The van der Waals surface area contributed by atoms with Crippen LogP contribution in [0, 0.1) is 5.41 Å². The van der Waals surface area contributed by atoms with Crippen LogP contribution in [0.3, 0.4) is 0 Å². The van der Waals surface area contributed by atoms with Crippen LogP contribution in [0.2, 0.25) is 0 Å². The molecular formula is C15H22N2OS2. The van der Waals surface area contributed by atoms with E-state index >= 15 is 0 Å². The molecule has 3 nitrogen and oxygen atoms in total. The van der Waals surface area contributed by atoms with E-state index in [9.17, 15) is 4.79 Å². The molecule has 0 radical (unpaired) electrons. The molecular weight excluding hydrogens is 288 g/mol. The van der Waals surface area contributed by atoms with Gasteiger partial charge in [0.2, 0.25) is 5.91 Å². The molecule has 1 amide bonds. The average molecular weight is 310 g/mol. The molecule has 5 heteroatoms. The molecule has 1 atom stereocenters. The zero-order valence-corrected chi connectivity index (χ0v) is 14.6. The molecule has 1 saturated heterocycles. The molecule has 0 aromatic heterocycles. The van der Waals surface area contributed by atoms with Gasteiger partial charge in [0.25, 0.3) is 0 Å². The van der Waals surface area contributed by atoms with Gasteiger partial charge in [0.05, 0.1) is 5.41 Å². The van der Waals surface area contributed by atoms with E-state index in [0.717, 1.165) is 5.69 Å². The van der Waals surface area contributed by atoms with Gasteiger partial charge in [-0.2, -0.15) is 0 Å². The number of rotatable bonds is 4. The predicted octanol–water partition coefficient (Wildman–Crippen LogP) is 3.39. The first-order valence-corrected chi connectivity index (χ1v) is 9.01. The molecule has 1 fully saturated rings. The lowest BCUT2D eigenvalue weighted by molar-refractivity contribution is -0.142. The first-order chi connectivity index (χ1) is 9.34. The number of β-lactam (4-membered cyclic amide) rings is 1.